The van der Waals surface area contributed by atoms with Crippen LogP contribution in [0.25, 0.3) is 0 Å². The number of nitrogens with zero attached hydrogens (tertiary/aromatic N) is 1. The first-order valence-corrected chi connectivity index (χ1v) is 7.01. The van der Waals surface area contributed by atoms with Gasteiger partial charge in [-0.25, -0.2) is 4.39 Å². The van der Waals surface area contributed by atoms with Gasteiger partial charge in [0, 0.05) is 29.9 Å². The summed E-state index contributed by atoms with van der Waals surface area (Å²) < 4.78 is 18.6. The van der Waals surface area contributed by atoms with Crippen LogP contribution in [0.3, 0.4) is 0 Å². The smallest absolute Gasteiger partial charge is 0.128 e. The molecule has 1 N–H and O–H groups in total. The maximum Gasteiger partial charge on any atom is 0.128 e. The van der Waals surface area contributed by atoms with Crippen molar-refractivity contribution in [3.63, 3.8) is 0 Å². The second-order valence-corrected chi connectivity index (χ2v) is 5.20. The standard InChI is InChI=1S/C17H21FN2O/c1-11-9-20-16(12(2)17(11)21-4)10-19-13(3)14-6-5-7-15(18)8-14/h5-9,13,19H,10H2,1-4H3/t13-/m0/s1. The second-order valence-electron chi connectivity index (χ2n) is 5.20. The van der Waals surface area contributed by atoms with Crippen LogP contribution < -0.4 is 10.1 Å². The van der Waals surface area contributed by atoms with Gasteiger partial charge < -0.3 is 10.1 Å². The number of ether oxygens (including phenoxy) is 1. The molecule has 1 aromatic heterocycles. The Bertz CT molecular complexity index is 628. The molecule has 21 heavy (non-hydrogen) atoms. The van der Waals surface area contributed by atoms with Crippen LogP contribution in [0.4, 0.5) is 4.39 Å². The molecule has 0 aliphatic heterocycles. The lowest BCUT2D eigenvalue weighted by Crippen LogP contribution is -2.19. The number of methoxy groups -OCH3 is 1. The number of aryl methyl sites for hydroxylation is 1. The van der Waals surface area contributed by atoms with E-state index in [-0.39, 0.29) is 11.9 Å². The van der Waals surface area contributed by atoms with Crippen molar-refractivity contribution in [2.75, 3.05) is 7.11 Å². The fourth-order valence-corrected chi connectivity index (χ4v) is 2.39. The summed E-state index contributed by atoms with van der Waals surface area (Å²) in [4.78, 5) is 4.45. The molecule has 0 fully saturated rings. The fraction of sp³-hybridized carbons (Fsp3) is 0.353. The Labute approximate surface area is 125 Å². The summed E-state index contributed by atoms with van der Waals surface area (Å²) in [6, 6.07) is 6.69. The molecule has 0 aliphatic carbocycles. The average Bonchev–Trinajstić information content (AvgIpc) is 2.46. The van der Waals surface area contributed by atoms with Gasteiger partial charge in [0.1, 0.15) is 11.6 Å². The molecule has 0 radical (unpaired) electrons. The molecule has 0 saturated heterocycles. The minimum atomic E-state index is -0.215. The lowest BCUT2D eigenvalue weighted by atomic mass is 10.1. The molecular weight excluding hydrogens is 267 g/mol. The van der Waals surface area contributed by atoms with Gasteiger partial charge in [-0.2, -0.15) is 0 Å². The summed E-state index contributed by atoms with van der Waals surface area (Å²) >= 11 is 0. The van der Waals surface area contributed by atoms with Gasteiger partial charge in [0.05, 0.1) is 12.8 Å². The monoisotopic (exact) mass is 288 g/mol. The number of nitrogens with one attached hydrogen (secondary N) is 1. The average molecular weight is 288 g/mol. The number of rotatable bonds is 5. The molecule has 0 bridgehead atoms. The van der Waals surface area contributed by atoms with Gasteiger partial charge >= 0.3 is 0 Å². The molecule has 0 unspecified atom stereocenters. The first-order chi connectivity index (χ1) is 10.0. The normalized spacial score (nSPS) is 12.2. The Balaban J connectivity index is 2.10. The van der Waals surface area contributed by atoms with Gasteiger partial charge in [-0.05, 0) is 38.5 Å². The second kappa shape index (κ2) is 6.68. The quantitative estimate of drug-likeness (QED) is 0.911. The predicted octanol–water partition coefficient (Wildman–Crippen LogP) is 3.70. The van der Waals surface area contributed by atoms with Gasteiger partial charge in [-0.1, -0.05) is 12.1 Å². The Morgan fingerprint density at radius 1 is 1.33 bits per heavy atom. The van der Waals surface area contributed by atoms with Crippen LogP contribution in [0.1, 0.15) is 35.3 Å². The first kappa shape index (κ1) is 15.4. The van der Waals surface area contributed by atoms with E-state index >= 15 is 0 Å². The zero-order valence-electron chi connectivity index (χ0n) is 12.9. The number of benzene rings is 1. The highest BCUT2D eigenvalue weighted by Gasteiger charge is 2.11. The third kappa shape index (κ3) is 3.58. The van der Waals surface area contributed by atoms with Crippen LogP contribution in [0.15, 0.2) is 30.5 Å². The molecule has 0 aliphatic rings. The molecule has 2 aromatic rings. The third-order valence-corrected chi connectivity index (χ3v) is 3.67. The lowest BCUT2D eigenvalue weighted by Gasteiger charge is -2.16. The predicted molar refractivity (Wildman–Crippen MR) is 81.9 cm³/mol. The summed E-state index contributed by atoms with van der Waals surface area (Å²) in [7, 11) is 1.67. The van der Waals surface area contributed by atoms with Crippen molar-refractivity contribution in [2.45, 2.75) is 33.4 Å². The number of halogens is 1. The van der Waals surface area contributed by atoms with E-state index in [0.29, 0.717) is 6.54 Å². The minimum absolute atomic E-state index is 0.0502. The number of hydrogen-bond acceptors (Lipinski definition) is 3. The van der Waals surface area contributed by atoms with E-state index in [1.807, 2.05) is 33.0 Å². The van der Waals surface area contributed by atoms with Crippen LogP contribution in [0.2, 0.25) is 0 Å². The zero-order valence-corrected chi connectivity index (χ0v) is 12.9. The van der Waals surface area contributed by atoms with E-state index in [1.165, 1.54) is 6.07 Å². The molecule has 1 atom stereocenters. The molecule has 0 amide bonds. The summed E-state index contributed by atoms with van der Waals surface area (Å²) in [5.74, 6) is 0.660. The van der Waals surface area contributed by atoms with Gasteiger partial charge in [0.2, 0.25) is 0 Å². The number of hydrogen-bond donors (Lipinski definition) is 1. The summed E-state index contributed by atoms with van der Waals surface area (Å²) in [6.07, 6.45) is 1.82. The molecule has 0 saturated carbocycles. The van der Waals surface area contributed by atoms with Crippen molar-refractivity contribution in [2.24, 2.45) is 0 Å². The van der Waals surface area contributed by atoms with Gasteiger partial charge in [-0.3, -0.25) is 4.98 Å². The third-order valence-electron chi connectivity index (χ3n) is 3.67. The van der Waals surface area contributed by atoms with E-state index in [2.05, 4.69) is 10.3 Å². The topological polar surface area (TPSA) is 34.1 Å². The van der Waals surface area contributed by atoms with Crippen LogP contribution in [0.5, 0.6) is 5.75 Å². The Kier molecular flexibility index (Phi) is 4.91. The molecule has 4 heteroatoms. The Morgan fingerprint density at radius 2 is 2.10 bits per heavy atom. The van der Waals surface area contributed by atoms with Crippen molar-refractivity contribution in [3.05, 3.63) is 58.7 Å². The molecule has 0 spiro atoms. The van der Waals surface area contributed by atoms with Gasteiger partial charge in [0.25, 0.3) is 0 Å². The number of pyridine rings is 1. The summed E-state index contributed by atoms with van der Waals surface area (Å²) in [5, 5.41) is 3.37. The summed E-state index contributed by atoms with van der Waals surface area (Å²) in [6.45, 7) is 6.60. The molecule has 112 valence electrons. The maximum absolute atomic E-state index is 13.2. The fourth-order valence-electron chi connectivity index (χ4n) is 2.39. The van der Waals surface area contributed by atoms with E-state index in [1.54, 1.807) is 19.2 Å². The maximum atomic E-state index is 13.2. The highest BCUT2D eigenvalue weighted by atomic mass is 19.1. The van der Waals surface area contributed by atoms with Gasteiger partial charge in [-0.15, -0.1) is 0 Å². The van der Waals surface area contributed by atoms with Crippen molar-refractivity contribution < 1.29 is 9.13 Å². The van der Waals surface area contributed by atoms with Crippen LogP contribution in [-0.2, 0) is 6.54 Å². The van der Waals surface area contributed by atoms with Crippen molar-refractivity contribution in [3.8, 4) is 5.75 Å². The molecule has 2 rings (SSSR count). The van der Waals surface area contributed by atoms with Crippen molar-refractivity contribution in [1.82, 2.24) is 10.3 Å². The van der Waals surface area contributed by atoms with Crippen LogP contribution in [-0.4, -0.2) is 12.1 Å². The van der Waals surface area contributed by atoms with E-state index < -0.39 is 0 Å². The Morgan fingerprint density at radius 3 is 2.76 bits per heavy atom. The minimum Gasteiger partial charge on any atom is -0.496 e. The molecule has 1 aromatic carbocycles. The Hall–Kier alpha value is -1.94. The van der Waals surface area contributed by atoms with Crippen LogP contribution in [0, 0.1) is 19.7 Å². The molecular formula is C17H21FN2O. The van der Waals surface area contributed by atoms with E-state index in [0.717, 1.165) is 28.1 Å². The van der Waals surface area contributed by atoms with E-state index in [9.17, 15) is 4.39 Å². The highest BCUT2D eigenvalue weighted by molar-refractivity contribution is 5.41. The SMILES string of the molecule is COc1c(C)cnc(CN[C@@H](C)c2cccc(F)c2)c1C. The molecule has 3 nitrogen and oxygen atoms in total. The zero-order chi connectivity index (χ0) is 15.4. The number of aromatic nitrogens is 1. The lowest BCUT2D eigenvalue weighted by molar-refractivity contribution is 0.406. The van der Waals surface area contributed by atoms with Crippen molar-refractivity contribution >= 4 is 0 Å². The van der Waals surface area contributed by atoms with Gasteiger partial charge in [0.15, 0.2) is 0 Å². The molecule has 1 heterocycles. The van der Waals surface area contributed by atoms with Crippen molar-refractivity contribution in [1.29, 1.82) is 0 Å². The highest BCUT2D eigenvalue weighted by Crippen LogP contribution is 2.24. The van der Waals surface area contributed by atoms with Crippen LogP contribution >= 0.6 is 0 Å². The summed E-state index contributed by atoms with van der Waals surface area (Å²) in [5.41, 5.74) is 3.93. The first-order valence-electron chi connectivity index (χ1n) is 7.01. The van der Waals surface area contributed by atoms with E-state index in [4.69, 9.17) is 4.74 Å². The largest absolute Gasteiger partial charge is 0.496 e.